The Bertz CT molecular complexity index is 1010. The summed E-state index contributed by atoms with van der Waals surface area (Å²) >= 11 is 1.39. The highest BCUT2D eigenvalue weighted by atomic mass is 32.2. The van der Waals surface area contributed by atoms with Gasteiger partial charge in [0.15, 0.2) is 0 Å². The maximum atomic E-state index is 12.2. The Labute approximate surface area is 162 Å². The monoisotopic (exact) mass is 401 g/mol. The summed E-state index contributed by atoms with van der Waals surface area (Å²) < 4.78 is 26.8. The van der Waals surface area contributed by atoms with Gasteiger partial charge in [-0.25, -0.2) is 18.1 Å². The van der Waals surface area contributed by atoms with Crippen LogP contribution in [0.4, 0.5) is 0 Å². The van der Waals surface area contributed by atoms with Gasteiger partial charge in [-0.2, -0.15) is 0 Å². The number of aryl methyl sites for hydroxylation is 1. The Hall–Kier alpha value is -2.55. The molecule has 6 nitrogen and oxygen atoms in total. The Kier molecular flexibility index (Phi) is 6.00. The first kappa shape index (κ1) is 19.2. The molecule has 0 fully saturated rings. The second kappa shape index (κ2) is 8.43. The van der Waals surface area contributed by atoms with Crippen molar-refractivity contribution < 1.29 is 13.2 Å². The number of hydrogen-bond donors (Lipinski definition) is 2. The van der Waals surface area contributed by atoms with E-state index in [9.17, 15) is 13.2 Å². The third-order valence-corrected chi connectivity index (χ3v) is 6.16. The smallest absolute Gasteiger partial charge is 0.270 e. The molecule has 27 heavy (non-hydrogen) atoms. The normalized spacial score (nSPS) is 11.3. The van der Waals surface area contributed by atoms with Crippen LogP contribution in [-0.2, 0) is 10.0 Å². The first-order valence-electron chi connectivity index (χ1n) is 8.31. The number of hydrogen-bond acceptors (Lipinski definition) is 5. The van der Waals surface area contributed by atoms with Crippen LogP contribution in [-0.4, -0.2) is 32.4 Å². The van der Waals surface area contributed by atoms with Crippen LogP contribution in [0, 0.1) is 6.92 Å². The lowest BCUT2D eigenvalue weighted by Gasteiger charge is -2.07. The summed E-state index contributed by atoms with van der Waals surface area (Å²) in [5.74, 6) is -0.331. The lowest BCUT2D eigenvalue weighted by Crippen LogP contribution is -2.34. The first-order chi connectivity index (χ1) is 13.0. The minimum absolute atomic E-state index is 0.0949. The van der Waals surface area contributed by atoms with Crippen molar-refractivity contribution in [3.8, 4) is 10.6 Å². The van der Waals surface area contributed by atoms with Crippen molar-refractivity contribution in [2.45, 2.75) is 11.8 Å². The van der Waals surface area contributed by atoms with Crippen LogP contribution in [0.15, 0.2) is 64.9 Å². The maximum absolute atomic E-state index is 12.2. The zero-order valence-corrected chi connectivity index (χ0v) is 16.3. The zero-order valence-electron chi connectivity index (χ0n) is 14.7. The molecular weight excluding hydrogens is 382 g/mol. The highest BCUT2D eigenvalue weighted by Crippen LogP contribution is 2.23. The summed E-state index contributed by atoms with van der Waals surface area (Å²) in [5, 5.41) is 5.13. The van der Waals surface area contributed by atoms with Crippen molar-refractivity contribution in [3.05, 3.63) is 71.2 Å². The van der Waals surface area contributed by atoms with Crippen LogP contribution in [0.2, 0.25) is 0 Å². The van der Waals surface area contributed by atoms with Gasteiger partial charge in [-0.1, -0.05) is 48.0 Å². The summed E-state index contributed by atoms with van der Waals surface area (Å²) in [6.45, 7) is 2.15. The molecule has 3 rings (SSSR count). The van der Waals surface area contributed by atoms with Crippen molar-refractivity contribution in [2.24, 2.45) is 0 Å². The van der Waals surface area contributed by atoms with Gasteiger partial charge in [0.2, 0.25) is 10.0 Å². The number of carbonyl (C=O) groups is 1. The highest BCUT2D eigenvalue weighted by molar-refractivity contribution is 7.89. The third-order valence-electron chi connectivity index (χ3n) is 3.79. The number of carbonyl (C=O) groups excluding carboxylic acids is 1. The highest BCUT2D eigenvalue weighted by Gasteiger charge is 2.14. The van der Waals surface area contributed by atoms with Gasteiger partial charge in [0.25, 0.3) is 5.91 Å². The van der Waals surface area contributed by atoms with Gasteiger partial charge in [0, 0.05) is 24.0 Å². The van der Waals surface area contributed by atoms with Crippen molar-refractivity contribution in [1.29, 1.82) is 0 Å². The first-order valence-corrected chi connectivity index (χ1v) is 10.7. The van der Waals surface area contributed by atoms with Crippen molar-refractivity contribution in [3.63, 3.8) is 0 Å². The number of thiazole rings is 1. The Morgan fingerprint density at radius 1 is 1.04 bits per heavy atom. The van der Waals surface area contributed by atoms with Crippen LogP contribution in [0.3, 0.4) is 0 Å². The van der Waals surface area contributed by atoms with Crippen LogP contribution in [0.25, 0.3) is 10.6 Å². The van der Waals surface area contributed by atoms with E-state index in [1.165, 1.54) is 11.3 Å². The molecule has 1 heterocycles. The SMILES string of the molecule is Cc1ccc(S(=O)(=O)NCCNC(=O)c2csc(-c3ccccc3)n2)cc1. The summed E-state index contributed by atoms with van der Waals surface area (Å²) in [6, 6.07) is 16.2. The van der Waals surface area contributed by atoms with E-state index in [0.29, 0.717) is 5.69 Å². The van der Waals surface area contributed by atoms with E-state index in [4.69, 9.17) is 0 Å². The Morgan fingerprint density at radius 2 is 1.74 bits per heavy atom. The van der Waals surface area contributed by atoms with Gasteiger partial charge in [-0.05, 0) is 19.1 Å². The van der Waals surface area contributed by atoms with E-state index in [2.05, 4.69) is 15.0 Å². The molecule has 0 aliphatic rings. The number of rotatable bonds is 7. The Morgan fingerprint density at radius 3 is 2.44 bits per heavy atom. The second-order valence-corrected chi connectivity index (χ2v) is 8.50. The van der Waals surface area contributed by atoms with E-state index in [0.717, 1.165) is 16.1 Å². The number of nitrogens with one attached hydrogen (secondary N) is 2. The molecule has 0 radical (unpaired) electrons. The van der Waals surface area contributed by atoms with E-state index in [-0.39, 0.29) is 23.9 Å². The maximum Gasteiger partial charge on any atom is 0.270 e. The molecule has 0 unspecified atom stereocenters. The summed E-state index contributed by atoms with van der Waals surface area (Å²) in [7, 11) is -3.59. The number of amides is 1. The van der Waals surface area contributed by atoms with Gasteiger partial charge in [0.1, 0.15) is 10.7 Å². The molecule has 1 amide bonds. The molecule has 3 aromatic rings. The summed E-state index contributed by atoms with van der Waals surface area (Å²) in [5.41, 5.74) is 2.26. The fourth-order valence-corrected chi connectivity index (χ4v) is 4.18. The topological polar surface area (TPSA) is 88.2 Å². The van der Waals surface area contributed by atoms with E-state index in [1.807, 2.05) is 37.3 Å². The number of sulfonamides is 1. The molecule has 1 aromatic heterocycles. The summed E-state index contributed by atoms with van der Waals surface area (Å²) in [6.07, 6.45) is 0. The molecule has 0 aliphatic heterocycles. The quantitative estimate of drug-likeness (QED) is 0.596. The molecule has 0 bridgehead atoms. The molecule has 0 saturated heterocycles. The lowest BCUT2D eigenvalue weighted by atomic mass is 10.2. The fraction of sp³-hybridized carbons (Fsp3) is 0.158. The fourth-order valence-electron chi connectivity index (χ4n) is 2.34. The third kappa shape index (κ3) is 5.00. The predicted molar refractivity (Wildman–Crippen MR) is 106 cm³/mol. The number of benzene rings is 2. The van der Waals surface area contributed by atoms with Crippen LogP contribution >= 0.6 is 11.3 Å². The van der Waals surface area contributed by atoms with Gasteiger partial charge in [-0.15, -0.1) is 11.3 Å². The minimum atomic E-state index is -3.59. The number of nitrogens with zero attached hydrogens (tertiary/aromatic N) is 1. The summed E-state index contributed by atoms with van der Waals surface area (Å²) in [4.78, 5) is 16.7. The predicted octanol–water partition coefficient (Wildman–Crippen LogP) is 2.83. The molecule has 0 aliphatic carbocycles. The minimum Gasteiger partial charge on any atom is -0.349 e. The van der Waals surface area contributed by atoms with Crippen molar-refractivity contribution in [2.75, 3.05) is 13.1 Å². The zero-order chi connectivity index (χ0) is 19.3. The standard InChI is InChI=1S/C19H19N3O3S2/c1-14-7-9-16(10-8-14)27(24,25)21-12-11-20-18(23)17-13-26-19(22-17)15-5-3-2-4-6-15/h2-10,13,21H,11-12H2,1H3,(H,20,23). The van der Waals surface area contributed by atoms with Crippen LogP contribution in [0.1, 0.15) is 16.1 Å². The molecule has 0 atom stereocenters. The molecule has 8 heteroatoms. The average molecular weight is 402 g/mol. The van der Waals surface area contributed by atoms with Gasteiger partial charge in [-0.3, -0.25) is 4.79 Å². The number of aromatic nitrogens is 1. The largest absolute Gasteiger partial charge is 0.349 e. The molecule has 0 saturated carbocycles. The van der Waals surface area contributed by atoms with Crippen LogP contribution in [0.5, 0.6) is 0 Å². The van der Waals surface area contributed by atoms with Gasteiger partial charge < -0.3 is 5.32 Å². The van der Waals surface area contributed by atoms with E-state index < -0.39 is 10.0 Å². The van der Waals surface area contributed by atoms with Gasteiger partial charge >= 0.3 is 0 Å². The second-order valence-electron chi connectivity index (χ2n) is 5.87. The van der Waals surface area contributed by atoms with Crippen molar-refractivity contribution in [1.82, 2.24) is 15.0 Å². The molecule has 2 aromatic carbocycles. The average Bonchev–Trinajstić information content (AvgIpc) is 3.16. The molecular formula is C19H19N3O3S2. The molecule has 0 spiro atoms. The lowest BCUT2D eigenvalue weighted by molar-refractivity contribution is 0.0950. The van der Waals surface area contributed by atoms with E-state index >= 15 is 0 Å². The Balaban J connectivity index is 1.51. The van der Waals surface area contributed by atoms with Crippen molar-refractivity contribution >= 4 is 27.3 Å². The van der Waals surface area contributed by atoms with Crippen LogP contribution < -0.4 is 10.0 Å². The van der Waals surface area contributed by atoms with Gasteiger partial charge in [0.05, 0.1) is 4.90 Å². The molecule has 2 N–H and O–H groups in total. The van der Waals surface area contributed by atoms with E-state index in [1.54, 1.807) is 29.6 Å². The molecule has 140 valence electrons.